The van der Waals surface area contributed by atoms with Crippen molar-refractivity contribution in [3.05, 3.63) is 5.82 Å². The molecule has 7 heteroatoms. The summed E-state index contributed by atoms with van der Waals surface area (Å²) in [6.07, 6.45) is 0.698. The van der Waals surface area contributed by atoms with Crippen LogP contribution in [0.4, 0.5) is 0 Å². The number of likely N-dealkylation sites (N-methyl/N-ethyl adjacent to an activating group) is 1. The lowest BCUT2D eigenvalue weighted by Gasteiger charge is -2.35. The van der Waals surface area contributed by atoms with Crippen LogP contribution in [0.2, 0.25) is 0 Å². The maximum absolute atomic E-state index is 6.21. The van der Waals surface area contributed by atoms with Gasteiger partial charge in [0.25, 0.3) is 0 Å². The zero-order chi connectivity index (χ0) is 11.5. The second kappa shape index (κ2) is 5.11. The summed E-state index contributed by atoms with van der Waals surface area (Å²) in [6, 6.07) is 0.504. The van der Waals surface area contributed by atoms with Crippen molar-refractivity contribution < 1.29 is 0 Å². The minimum atomic E-state index is 0.0852. The molecule has 2 rings (SSSR count). The van der Waals surface area contributed by atoms with Crippen molar-refractivity contribution in [2.24, 2.45) is 12.8 Å². The molecule has 1 saturated heterocycles. The topological polar surface area (TPSA) is 72.9 Å². The van der Waals surface area contributed by atoms with Gasteiger partial charge in [-0.25, -0.2) is 0 Å². The lowest BCUT2D eigenvalue weighted by Crippen LogP contribution is -2.51. The van der Waals surface area contributed by atoms with Crippen LogP contribution in [0.15, 0.2) is 0 Å². The molecule has 0 amide bonds. The Morgan fingerprint density at radius 3 is 3.00 bits per heavy atom. The van der Waals surface area contributed by atoms with Crippen LogP contribution in [0, 0.1) is 0 Å². The summed E-state index contributed by atoms with van der Waals surface area (Å²) in [6.45, 7) is 1.11. The number of aromatic nitrogens is 4. The first-order chi connectivity index (χ1) is 7.66. The lowest BCUT2D eigenvalue weighted by molar-refractivity contribution is 0.234. The number of nitrogens with two attached hydrogens (primary N) is 1. The van der Waals surface area contributed by atoms with E-state index in [1.165, 1.54) is 10.5 Å². The first kappa shape index (κ1) is 11.8. The number of hydrogen-bond acceptors (Lipinski definition) is 6. The van der Waals surface area contributed by atoms with E-state index in [1.54, 1.807) is 7.05 Å². The summed E-state index contributed by atoms with van der Waals surface area (Å²) in [5, 5.41) is 11.9. The highest BCUT2D eigenvalue weighted by Gasteiger charge is 2.26. The molecule has 0 aliphatic carbocycles. The van der Waals surface area contributed by atoms with Gasteiger partial charge < -0.3 is 10.6 Å². The highest BCUT2D eigenvalue weighted by Crippen LogP contribution is 2.17. The predicted octanol–water partition coefficient (Wildman–Crippen LogP) is -0.873. The van der Waals surface area contributed by atoms with Gasteiger partial charge in [-0.2, -0.15) is 16.6 Å². The van der Waals surface area contributed by atoms with Crippen molar-refractivity contribution in [1.29, 1.82) is 0 Å². The summed E-state index contributed by atoms with van der Waals surface area (Å²) in [4.78, 5) is 3.80. The van der Waals surface area contributed by atoms with Crippen LogP contribution in [-0.2, 0) is 13.5 Å². The van der Waals surface area contributed by atoms with E-state index in [9.17, 15) is 0 Å². The minimum absolute atomic E-state index is 0.0852. The van der Waals surface area contributed by atoms with Crippen LogP contribution in [-0.4, -0.2) is 62.3 Å². The van der Waals surface area contributed by atoms with Crippen LogP contribution in [0.1, 0.15) is 5.82 Å². The summed E-state index contributed by atoms with van der Waals surface area (Å²) in [7, 11) is 3.90. The Morgan fingerprint density at radius 2 is 2.38 bits per heavy atom. The molecule has 1 aliphatic rings. The van der Waals surface area contributed by atoms with Gasteiger partial charge in [0.05, 0.1) is 7.05 Å². The van der Waals surface area contributed by atoms with Crippen LogP contribution in [0.25, 0.3) is 0 Å². The second-order valence-corrected chi connectivity index (χ2v) is 5.34. The monoisotopic (exact) mass is 242 g/mol. The fraction of sp³-hybridized carbons (Fsp3) is 0.889. The Balaban J connectivity index is 1.93. The quantitative estimate of drug-likeness (QED) is 0.742. The third-order valence-corrected chi connectivity index (χ3v) is 3.95. The van der Waals surface area contributed by atoms with Crippen LogP contribution in [0.3, 0.4) is 0 Å². The molecular formula is C9H18N6S. The number of tetrazole rings is 1. The van der Waals surface area contributed by atoms with Crippen molar-refractivity contribution >= 4 is 11.8 Å². The average molecular weight is 242 g/mol. The molecule has 2 heterocycles. The Kier molecular flexibility index (Phi) is 3.78. The van der Waals surface area contributed by atoms with Crippen LogP contribution >= 0.6 is 11.8 Å². The molecule has 2 N–H and O–H groups in total. The molecule has 0 saturated carbocycles. The Labute approximate surface area is 99.6 Å². The van der Waals surface area contributed by atoms with Gasteiger partial charge in [-0.1, -0.05) is 0 Å². The maximum atomic E-state index is 6.21. The first-order valence-electron chi connectivity index (χ1n) is 5.43. The third-order valence-electron chi connectivity index (χ3n) is 2.91. The zero-order valence-electron chi connectivity index (χ0n) is 9.70. The Bertz CT molecular complexity index is 340. The predicted molar refractivity (Wildman–Crippen MR) is 64.2 cm³/mol. The van der Waals surface area contributed by atoms with Gasteiger partial charge in [-0.15, -0.1) is 10.2 Å². The highest BCUT2D eigenvalue weighted by atomic mass is 32.2. The number of aryl methyl sites for hydroxylation is 1. The SMILES string of the molecule is CN1CCSCC1C(N)Cc1nnn(C)n1. The van der Waals surface area contributed by atoms with Gasteiger partial charge in [0.15, 0.2) is 5.82 Å². The number of thioether (sulfide) groups is 1. The molecule has 0 bridgehead atoms. The van der Waals surface area contributed by atoms with E-state index < -0.39 is 0 Å². The van der Waals surface area contributed by atoms with Crippen LogP contribution in [0.5, 0.6) is 0 Å². The van der Waals surface area contributed by atoms with Gasteiger partial charge in [-0.3, -0.25) is 0 Å². The Morgan fingerprint density at radius 1 is 1.56 bits per heavy atom. The van der Waals surface area contributed by atoms with Gasteiger partial charge in [-0.05, 0) is 12.3 Å². The largest absolute Gasteiger partial charge is 0.326 e. The van der Waals surface area contributed by atoms with E-state index >= 15 is 0 Å². The molecule has 16 heavy (non-hydrogen) atoms. The van der Waals surface area contributed by atoms with Crippen LogP contribution < -0.4 is 5.73 Å². The van der Waals surface area contributed by atoms with Gasteiger partial charge in [0, 0.05) is 36.6 Å². The molecule has 1 fully saturated rings. The van der Waals surface area contributed by atoms with Gasteiger partial charge >= 0.3 is 0 Å². The third kappa shape index (κ3) is 2.72. The Hall–Kier alpha value is -0.660. The van der Waals surface area contributed by atoms with Crippen molar-refractivity contribution in [2.75, 3.05) is 25.1 Å². The summed E-state index contributed by atoms with van der Waals surface area (Å²) in [5.74, 6) is 3.03. The smallest absolute Gasteiger partial charge is 0.176 e. The van der Waals surface area contributed by atoms with E-state index in [0.29, 0.717) is 12.5 Å². The molecule has 0 radical (unpaired) electrons. The summed E-state index contributed by atoms with van der Waals surface area (Å²) < 4.78 is 0. The van der Waals surface area contributed by atoms with Crippen molar-refractivity contribution in [3.63, 3.8) is 0 Å². The molecule has 1 aromatic rings. The zero-order valence-corrected chi connectivity index (χ0v) is 10.5. The van der Waals surface area contributed by atoms with Crippen molar-refractivity contribution in [1.82, 2.24) is 25.1 Å². The van der Waals surface area contributed by atoms with E-state index in [-0.39, 0.29) is 6.04 Å². The maximum Gasteiger partial charge on any atom is 0.176 e. The van der Waals surface area contributed by atoms with E-state index in [4.69, 9.17) is 5.73 Å². The van der Waals surface area contributed by atoms with Gasteiger partial charge in [0.1, 0.15) is 0 Å². The van der Waals surface area contributed by atoms with E-state index in [1.807, 2.05) is 11.8 Å². The summed E-state index contributed by atoms with van der Waals surface area (Å²) >= 11 is 1.97. The molecule has 90 valence electrons. The summed E-state index contributed by atoms with van der Waals surface area (Å²) in [5.41, 5.74) is 6.21. The number of hydrogen-bond donors (Lipinski definition) is 1. The standard InChI is InChI=1S/C9H18N6S/c1-14-3-4-16-6-8(14)7(10)5-9-11-13-15(2)12-9/h7-8H,3-6,10H2,1-2H3. The van der Waals surface area contributed by atoms with Gasteiger partial charge in [0.2, 0.25) is 0 Å². The van der Waals surface area contributed by atoms with E-state index in [0.717, 1.165) is 18.1 Å². The number of rotatable bonds is 3. The van der Waals surface area contributed by atoms with Crippen molar-refractivity contribution in [3.8, 4) is 0 Å². The molecule has 2 unspecified atom stereocenters. The molecule has 0 aromatic carbocycles. The second-order valence-electron chi connectivity index (χ2n) is 4.19. The normalized spacial score (nSPS) is 24.6. The fourth-order valence-corrected chi connectivity index (χ4v) is 3.23. The first-order valence-corrected chi connectivity index (χ1v) is 6.58. The lowest BCUT2D eigenvalue weighted by atomic mass is 10.1. The molecule has 1 aliphatic heterocycles. The average Bonchev–Trinajstić information content (AvgIpc) is 2.64. The molecule has 6 nitrogen and oxygen atoms in total. The molecule has 0 spiro atoms. The number of nitrogens with zero attached hydrogens (tertiary/aromatic N) is 5. The highest BCUT2D eigenvalue weighted by molar-refractivity contribution is 7.99. The molecular weight excluding hydrogens is 224 g/mol. The molecule has 1 aromatic heterocycles. The fourth-order valence-electron chi connectivity index (χ4n) is 1.91. The van der Waals surface area contributed by atoms with Crippen molar-refractivity contribution in [2.45, 2.75) is 18.5 Å². The van der Waals surface area contributed by atoms with E-state index in [2.05, 4.69) is 27.4 Å². The molecule has 2 atom stereocenters. The minimum Gasteiger partial charge on any atom is -0.326 e.